The van der Waals surface area contributed by atoms with Crippen LogP contribution in [-0.4, -0.2) is 48.1 Å². The maximum absolute atomic E-state index is 9.96. The summed E-state index contributed by atoms with van der Waals surface area (Å²) >= 11 is 0. The molecule has 19 heavy (non-hydrogen) atoms. The molecule has 1 heterocycles. The van der Waals surface area contributed by atoms with Gasteiger partial charge in [-0.2, -0.15) is 0 Å². The van der Waals surface area contributed by atoms with Crippen molar-refractivity contribution in [3.05, 3.63) is 29.3 Å². The van der Waals surface area contributed by atoms with Crippen LogP contribution in [0.3, 0.4) is 0 Å². The number of fused-ring (bicyclic) bond motifs is 1. The minimum absolute atomic E-state index is 0.481. The lowest BCUT2D eigenvalue weighted by Crippen LogP contribution is -2.45. The second kappa shape index (κ2) is 5.14. The smallest absolute Gasteiger partial charge is 0.119 e. The SMILES string of the molecule is CN1CCCC(N(C)C2CCc3c(O)cccc32)C1. The summed E-state index contributed by atoms with van der Waals surface area (Å²) in [7, 11) is 4.47. The number of likely N-dealkylation sites (tertiary alicyclic amines) is 1. The third-order valence-electron chi connectivity index (χ3n) is 4.88. The van der Waals surface area contributed by atoms with Gasteiger partial charge >= 0.3 is 0 Å². The van der Waals surface area contributed by atoms with Gasteiger partial charge in [0.15, 0.2) is 0 Å². The zero-order chi connectivity index (χ0) is 13.4. The van der Waals surface area contributed by atoms with Gasteiger partial charge < -0.3 is 10.0 Å². The van der Waals surface area contributed by atoms with E-state index in [0.29, 0.717) is 17.8 Å². The summed E-state index contributed by atoms with van der Waals surface area (Å²) in [5.74, 6) is 0.481. The number of piperidine rings is 1. The number of likely N-dealkylation sites (N-methyl/N-ethyl adjacent to an activating group) is 2. The molecule has 1 fully saturated rings. The summed E-state index contributed by atoms with van der Waals surface area (Å²) in [6.07, 6.45) is 4.75. The van der Waals surface area contributed by atoms with Crippen molar-refractivity contribution >= 4 is 0 Å². The molecule has 0 saturated carbocycles. The fraction of sp³-hybridized carbons (Fsp3) is 0.625. The third kappa shape index (κ3) is 2.37. The van der Waals surface area contributed by atoms with Crippen molar-refractivity contribution in [2.45, 2.75) is 37.8 Å². The highest BCUT2D eigenvalue weighted by Crippen LogP contribution is 2.40. The molecule has 0 spiro atoms. The van der Waals surface area contributed by atoms with Crippen molar-refractivity contribution in [3.63, 3.8) is 0 Å². The van der Waals surface area contributed by atoms with E-state index < -0.39 is 0 Å². The molecule has 0 radical (unpaired) electrons. The normalized spacial score (nSPS) is 27.7. The molecular weight excluding hydrogens is 236 g/mol. The molecule has 2 aliphatic rings. The number of phenols is 1. The first kappa shape index (κ1) is 12.9. The average Bonchev–Trinajstić information content (AvgIpc) is 2.83. The molecule has 0 amide bonds. The largest absolute Gasteiger partial charge is 0.508 e. The molecule has 1 aliphatic carbocycles. The van der Waals surface area contributed by atoms with Crippen LogP contribution in [0.2, 0.25) is 0 Å². The van der Waals surface area contributed by atoms with Crippen LogP contribution in [0, 0.1) is 0 Å². The van der Waals surface area contributed by atoms with Crippen LogP contribution in [0.4, 0.5) is 0 Å². The Balaban J connectivity index is 1.79. The van der Waals surface area contributed by atoms with Crippen LogP contribution >= 0.6 is 0 Å². The van der Waals surface area contributed by atoms with Gasteiger partial charge in [0.25, 0.3) is 0 Å². The van der Waals surface area contributed by atoms with Gasteiger partial charge in [-0.25, -0.2) is 0 Å². The summed E-state index contributed by atoms with van der Waals surface area (Å²) in [6, 6.07) is 7.12. The van der Waals surface area contributed by atoms with Crippen LogP contribution in [0.1, 0.15) is 36.4 Å². The summed E-state index contributed by atoms with van der Waals surface area (Å²) in [5.41, 5.74) is 2.51. The van der Waals surface area contributed by atoms with Crippen LogP contribution in [0.5, 0.6) is 5.75 Å². The molecule has 2 unspecified atom stereocenters. The molecule has 104 valence electrons. The molecule has 2 atom stereocenters. The lowest BCUT2D eigenvalue weighted by atomic mass is 10.0. The van der Waals surface area contributed by atoms with E-state index in [9.17, 15) is 5.11 Å². The number of aromatic hydroxyl groups is 1. The summed E-state index contributed by atoms with van der Waals surface area (Å²) in [6.45, 7) is 2.40. The van der Waals surface area contributed by atoms with Crippen LogP contribution in [0.15, 0.2) is 18.2 Å². The Bertz CT molecular complexity index is 460. The minimum Gasteiger partial charge on any atom is -0.508 e. The van der Waals surface area contributed by atoms with E-state index in [4.69, 9.17) is 0 Å². The van der Waals surface area contributed by atoms with E-state index in [1.165, 1.54) is 37.1 Å². The van der Waals surface area contributed by atoms with Gasteiger partial charge in [0, 0.05) is 18.6 Å². The van der Waals surface area contributed by atoms with Crippen molar-refractivity contribution in [2.24, 2.45) is 0 Å². The Hall–Kier alpha value is -1.06. The molecule has 0 bridgehead atoms. The van der Waals surface area contributed by atoms with Crippen molar-refractivity contribution < 1.29 is 5.11 Å². The fourth-order valence-corrected chi connectivity index (χ4v) is 3.76. The standard InChI is InChI=1S/C16H24N2O/c1-17-10-4-5-12(11-17)18(2)15-9-8-14-13(15)6-3-7-16(14)19/h3,6-7,12,15,19H,4-5,8-11H2,1-2H3. The summed E-state index contributed by atoms with van der Waals surface area (Å²) < 4.78 is 0. The van der Waals surface area contributed by atoms with Crippen LogP contribution in [0.25, 0.3) is 0 Å². The predicted octanol–water partition coefficient (Wildman–Crippen LogP) is 2.41. The molecule has 1 N–H and O–H groups in total. The lowest BCUT2D eigenvalue weighted by molar-refractivity contribution is 0.0985. The first-order valence-corrected chi connectivity index (χ1v) is 7.38. The molecule has 1 aromatic carbocycles. The quantitative estimate of drug-likeness (QED) is 0.884. The Labute approximate surface area is 115 Å². The zero-order valence-corrected chi connectivity index (χ0v) is 12.0. The second-order valence-electron chi connectivity index (χ2n) is 6.12. The van der Waals surface area contributed by atoms with Gasteiger partial charge in [-0.05, 0) is 63.5 Å². The number of phenolic OH excluding ortho intramolecular Hbond substituents is 1. The average molecular weight is 260 g/mol. The van der Waals surface area contributed by atoms with Crippen molar-refractivity contribution in [1.29, 1.82) is 0 Å². The van der Waals surface area contributed by atoms with E-state index in [1.807, 2.05) is 12.1 Å². The number of hydrogen-bond donors (Lipinski definition) is 1. The molecule has 3 heteroatoms. The Morgan fingerprint density at radius 2 is 2.16 bits per heavy atom. The molecule has 3 nitrogen and oxygen atoms in total. The van der Waals surface area contributed by atoms with E-state index in [-0.39, 0.29) is 0 Å². The lowest BCUT2D eigenvalue weighted by Gasteiger charge is -2.39. The summed E-state index contributed by atoms with van der Waals surface area (Å²) in [5, 5.41) is 9.96. The predicted molar refractivity (Wildman–Crippen MR) is 77.5 cm³/mol. The maximum atomic E-state index is 9.96. The highest BCUT2D eigenvalue weighted by atomic mass is 16.3. The van der Waals surface area contributed by atoms with Gasteiger partial charge in [-0.15, -0.1) is 0 Å². The minimum atomic E-state index is 0.481. The number of hydrogen-bond acceptors (Lipinski definition) is 3. The van der Waals surface area contributed by atoms with E-state index in [0.717, 1.165) is 12.8 Å². The monoisotopic (exact) mass is 260 g/mol. The maximum Gasteiger partial charge on any atom is 0.119 e. The third-order valence-corrected chi connectivity index (χ3v) is 4.88. The van der Waals surface area contributed by atoms with E-state index >= 15 is 0 Å². The Kier molecular flexibility index (Phi) is 3.50. The van der Waals surface area contributed by atoms with Gasteiger partial charge in [-0.1, -0.05) is 12.1 Å². The van der Waals surface area contributed by atoms with E-state index in [2.05, 4.69) is 30.0 Å². The highest BCUT2D eigenvalue weighted by Gasteiger charge is 2.32. The van der Waals surface area contributed by atoms with Crippen LogP contribution < -0.4 is 0 Å². The highest BCUT2D eigenvalue weighted by molar-refractivity contribution is 5.44. The first-order chi connectivity index (χ1) is 9.16. The van der Waals surface area contributed by atoms with Crippen molar-refractivity contribution in [2.75, 3.05) is 27.2 Å². The number of nitrogens with zero attached hydrogens (tertiary/aromatic N) is 2. The zero-order valence-electron chi connectivity index (χ0n) is 12.0. The Morgan fingerprint density at radius 3 is 2.95 bits per heavy atom. The van der Waals surface area contributed by atoms with Crippen LogP contribution in [-0.2, 0) is 6.42 Å². The molecule has 0 aromatic heterocycles. The number of rotatable bonds is 2. The molecule has 1 aliphatic heterocycles. The fourth-order valence-electron chi connectivity index (χ4n) is 3.76. The van der Waals surface area contributed by atoms with Gasteiger partial charge in [0.2, 0.25) is 0 Å². The van der Waals surface area contributed by atoms with Crippen molar-refractivity contribution in [1.82, 2.24) is 9.80 Å². The first-order valence-electron chi connectivity index (χ1n) is 7.38. The molecule has 1 aromatic rings. The molecular formula is C16H24N2O. The Morgan fingerprint density at radius 1 is 1.32 bits per heavy atom. The van der Waals surface area contributed by atoms with E-state index in [1.54, 1.807) is 0 Å². The van der Waals surface area contributed by atoms with Crippen molar-refractivity contribution in [3.8, 4) is 5.75 Å². The summed E-state index contributed by atoms with van der Waals surface area (Å²) in [4.78, 5) is 4.98. The molecule has 3 rings (SSSR count). The molecule has 1 saturated heterocycles. The van der Waals surface area contributed by atoms with Gasteiger partial charge in [-0.3, -0.25) is 4.90 Å². The van der Waals surface area contributed by atoms with Gasteiger partial charge in [0.1, 0.15) is 5.75 Å². The van der Waals surface area contributed by atoms with Gasteiger partial charge in [0.05, 0.1) is 0 Å². The number of benzene rings is 1. The second-order valence-corrected chi connectivity index (χ2v) is 6.12. The topological polar surface area (TPSA) is 26.7 Å².